The van der Waals surface area contributed by atoms with Crippen molar-refractivity contribution in [3.8, 4) is 11.1 Å². The lowest BCUT2D eigenvalue weighted by Gasteiger charge is -2.11. The zero-order valence-electron chi connectivity index (χ0n) is 19.4. The summed E-state index contributed by atoms with van der Waals surface area (Å²) in [5, 5.41) is 1.43. The highest BCUT2D eigenvalue weighted by Crippen LogP contribution is 2.31. The van der Waals surface area contributed by atoms with Crippen LogP contribution in [0, 0.1) is 18.6 Å². The fourth-order valence-electron chi connectivity index (χ4n) is 4.25. The van der Waals surface area contributed by atoms with Crippen molar-refractivity contribution in [1.29, 1.82) is 0 Å². The van der Waals surface area contributed by atoms with E-state index in [0.29, 0.717) is 17.5 Å². The number of carbonyl (C=O) groups excluding carboxylic acids is 1. The number of benzene rings is 2. The molecule has 0 spiro atoms. The second kappa shape index (κ2) is 8.87. The highest BCUT2D eigenvalue weighted by molar-refractivity contribution is 7.92. The number of aromatic amines is 2. The molecule has 0 fully saturated rings. The molecule has 3 aromatic heterocycles. The predicted molar refractivity (Wildman–Crippen MR) is 136 cm³/mol. The summed E-state index contributed by atoms with van der Waals surface area (Å²) in [5.74, 6) is -3.53. The zero-order valence-corrected chi connectivity index (χ0v) is 20.3. The van der Waals surface area contributed by atoms with Crippen molar-refractivity contribution in [3.05, 3.63) is 83.3 Å². The van der Waals surface area contributed by atoms with Gasteiger partial charge in [-0.3, -0.25) is 9.52 Å². The molecule has 0 unspecified atom stereocenters. The molecule has 5 aromatic rings. The van der Waals surface area contributed by atoms with E-state index in [1.165, 1.54) is 6.20 Å². The van der Waals surface area contributed by atoms with Crippen molar-refractivity contribution in [1.82, 2.24) is 15.0 Å². The number of ketones is 1. The Bertz CT molecular complexity index is 1760. The summed E-state index contributed by atoms with van der Waals surface area (Å²) in [6, 6.07) is 9.43. The first-order valence-electron chi connectivity index (χ1n) is 11.3. The number of carbonyl (C=O) groups is 1. The van der Waals surface area contributed by atoms with Crippen LogP contribution in [-0.2, 0) is 10.0 Å². The fourth-order valence-corrected chi connectivity index (χ4v) is 5.38. The number of nitrogens with one attached hydrogen (secondary N) is 3. The highest BCUT2D eigenvalue weighted by Gasteiger charge is 2.26. The molecular weight excluding hydrogens is 486 g/mol. The van der Waals surface area contributed by atoms with Gasteiger partial charge in [0.15, 0.2) is 5.82 Å². The minimum Gasteiger partial charge on any atom is -0.361 e. The molecule has 0 radical (unpaired) electrons. The van der Waals surface area contributed by atoms with Crippen LogP contribution in [-0.4, -0.2) is 34.9 Å². The molecule has 0 aliphatic rings. The number of pyridine rings is 1. The number of hydrogen-bond donors (Lipinski definition) is 3. The number of aromatic nitrogens is 3. The third kappa shape index (κ3) is 4.13. The van der Waals surface area contributed by atoms with Crippen molar-refractivity contribution < 1.29 is 22.0 Å². The van der Waals surface area contributed by atoms with Crippen LogP contribution in [0.25, 0.3) is 33.1 Å². The Hall–Kier alpha value is -4.05. The van der Waals surface area contributed by atoms with Crippen molar-refractivity contribution in [2.75, 3.05) is 10.5 Å². The molecule has 0 aliphatic carbocycles. The number of nitrogens with zero attached hydrogens (tertiary/aromatic N) is 1. The molecule has 36 heavy (non-hydrogen) atoms. The van der Waals surface area contributed by atoms with Gasteiger partial charge in [0.1, 0.15) is 11.5 Å². The lowest BCUT2D eigenvalue weighted by Crippen LogP contribution is -2.18. The standard InChI is InChI=1S/C26H22F2N4O3S/c1-3-8-36(34,35)32-22-7-5-20(27)23(24(22)28)25(33)19-13-31-26-18(19)10-16(12-30-26)15-4-6-21-17(9-15)14(2)11-29-21/h4-7,9-13,29,32H,3,8H2,1-2H3,(H,30,31). The number of rotatable bonds is 7. The van der Waals surface area contributed by atoms with Crippen LogP contribution in [0.1, 0.15) is 34.8 Å². The number of halogens is 2. The summed E-state index contributed by atoms with van der Waals surface area (Å²) < 4.78 is 56.2. The number of fused-ring (bicyclic) bond motifs is 2. The number of sulfonamides is 1. The quantitative estimate of drug-likeness (QED) is 0.246. The van der Waals surface area contributed by atoms with Crippen LogP contribution < -0.4 is 4.72 Å². The fraction of sp³-hybridized carbons (Fsp3) is 0.154. The first-order chi connectivity index (χ1) is 17.2. The minimum absolute atomic E-state index is 0.0182. The maximum atomic E-state index is 15.2. The molecule has 0 atom stereocenters. The Labute approximate surface area is 205 Å². The lowest BCUT2D eigenvalue weighted by atomic mass is 9.99. The molecular formula is C26H22F2N4O3S. The molecule has 0 saturated carbocycles. The number of H-pyrrole nitrogens is 2. The molecule has 0 bridgehead atoms. The summed E-state index contributed by atoms with van der Waals surface area (Å²) in [4.78, 5) is 23.8. The van der Waals surface area contributed by atoms with Gasteiger partial charge in [-0.1, -0.05) is 13.0 Å². The molecule has 2 aromatic carbocycles. The van der Waals surface area contributed by atoms with Gasteiger partial charge in [-0.25, -0.2) is 22.2 Å². The first-order valence-corrected chi connectivity index (χ1v) is 12.9. The van der Waals surface area contributed by atoms with Crippen LogP contribution in [0.4, 0.5) is 14.5 Å². The van der Waals surface area contributed by atoms with E-state index in [9.17, 15) is 17.6 Å². The molecule has 0 amide bonds. The molecule has 3 heterocycles. The summed E-state index contributed by atoms with van der Waals surface area (Å²) in [6.45, 7) is 3.65. The molecule has 0 aliphatic heterocycles. The summed E-state index contributed by atoms with van der Waals surface area (Å²) in [7, 11) is -3.84. The van der Waals surface area contributed by atoms with Gasteiger partial charge in [0.25, 0.3) is 0 Å². The van der Waals surface area contributed by atoms with Crippen LogP contribution >= 0.6 is 0 Å². The van der Waals surface area contributed by atoms with Gasteiger partial charge in [0.2, 0.25) is 15.8 Å². The average molecular weight is 509 g/mol. The van der Waals surface area contributed by atoms with Crippen LogP contribution in [0.3, 0.4) is 0 Å². The smallest absolute Gasteiger partial charge is 0.232 e. The topological polar surface area (TPSA) is 108 Å². The average Bonchev–Trinajstić information content (AvgIpc) is 3.43. The van der Waals surface area contributed by atoms with Gasteiger partial charge in [0, 0.05) is 46.0 Å². The number of hydrogen-bond acceptors (Lipinski definition) is 4. The van der Waals surface area contributed by atoms with E-state index in [1.54, 1.807) is 19.2 Å². The maximum Gasteiger partial charge on any atom is 0.232 e. The van der Waals surface area contributed by atoms with Gasteiger partial charge >= 0.3 is 0 Å². The maximum absolute atomic E-state index is 15.2. The van der Waals surface area contributed by atoms with E-state index in [-0.39, 0.29) is 11.3 Å². The predicted octanol–water partition coefficient (Wildman–Crippen LogP) is 5.68. The summed E-state index contributed by atoms with van der Waals surface area (Å²) >= 11 is 0. The summed E-state index contributed by atoms with van der Waals surface area (Å²) in [6.07, 6.45) is 5.22. The minimum atomic E-state index is -3.84. The number of anilines is 1. The van der Waals surface area contributed by atoms with Crippen LogP contribution in [0.15, 0.2) is 55.0 Å². The lowest BCUT2D eigenvalue weighted by molar-refractivity contribution is 0.103. The van der Waals surface area contributed by atoms with Gasteiger partial charge in [-0.05, 0) is 54.8 Å². The van der Waals surface area contributed by atoms with Gasteiger partial charge in [-0.15, -0.1) is 0 Å². The Morgan fingerprint density at radius 1 is 1.03 bits per heavy atom. The monoisotopic (exact) mass is 508 g/mol. The van der Waals surface area contributed by atoms with E-state index < -0.39 is 38.7 Å². The van der Waals surface area contributed by atoms with E-state index in [4.69, 9.17) is 0 Å². The zero-order chi connectivity index (χ0) is 25.6. The van der Waals surface area contributed by atoms with Gasteiger partial charge < -0.3 is 9.97 Å². The summed E-state index contributed by atoms with van der Waals surface area (Å²) in [5.41, 5.74) is 2.72. The second-order valence-electron chi connectivity index (χ2n) is 8.59. The van der Waals surface area contributed by atoms with Gasteiger partial charge in [0.05, 0.1) is 17.0 Å². The molecule has 184 valence electrons. The molecule has 10 heteroatoms. The van der Waals surface area contributed by atoms with Gasteiger partial charge in [-0.2, -0.15) is 0 Å². The van der Waals surface area contributed by atoms with Crippen molar-refractivity contribution in [3.63, 3.8) is 0 Å². The van der Waals surface area contributed by atoms with E-state index in [0.717, 1.165) is 39.7 Å². The highest BCUT2D eigenvalue weighted by atomic mass is 32.2. The molecule has 0 saturated heterocycles. The Morgan fingerprint density at radius 3 is 2.58 bits per heavy atom. The van der Waals surface area contributed by atoms with E-state index in [1.807, 2.05) is 31.3 Å². The largest absolute Gasteiger partial charge is 0.361 e. The normalized spacial score (nSPS) is 11.9. The SMILES string of the molecule is CCCS(=O)(=O)Nc1ccc(F)c(C(=O)c2c[nH]c3ncc(-c4ccc5[nH]cc(C)c5c4)cc23)c1F. The third-order valence-corrected chi connectivity index (χ3v) is 7.53. The third-order valence-electron chi connectivity index (χ3n) is 6.05. The first kappa shape index (κ1) is 23.7. The van der Waals surface area contributed by atoms with Crippen molar-refractivity contribution in [2.45, 2.75) is 20.3 Å². The molecule has 7 nitrogen and oxygen atoms in total. The molecule has 3 N–H and O–H groups in total. The Morgan fingerprint density at radius 2 is 1.81 bits per heavy atom. The van der Waals surface area contributed by atoms with E-state index >= 15 is 4.39 Å². The Kier molecular flexibility index (Phi) is 5.83. The second-order valence-corrected chi connectivity index (χ2v) is 10.4. The molecule has 5 rings (SSSR count). The van der Waals surface area contributed by atoms with Crippen LogP contribution in [0.2, 0.25) is 0 Å². The Balaban J connectivity index is 1.58. The van der Waals surface area contributed by atoms with Crippen molar-refractivity contribution in [2.24, 2.45) is 0 Å². The number of aryl methyl sites for hydroxylation is 1. The van der Waals surface area contributed by atoms with E-state index in [2.05, 4.69) is 19.7 Å². The van der Waals surface area contributed by atoms with Crippen molar-refractivity contribution >= 4 is 43.4 Å². The van der Waals surface area contributed by atoms with Crippen LogP contribution in [0.5, 0.6) is 0 Å².